The fourth-order valence-corrected chi connectivity index (χ4v) is 3.23. The molecule has 0 atom stereocenters. The van der Waals surface area contributed by atoms with Crippen LogP contribution in [0.25, 0.3) is 0 Å². The molecule has 0 spiro atoms. The molecule has 0 N–H and O–H groups in total. The summed E-state index contributed by atoms with van der Waals surface area (Å²) >= 11 is 0. The van der Waals surface area contributed by atoms with E-state index in [1.807, 2.05) is 28.0 Å². The second-order valence-corrected chi connectivity index (χ2v) is 7.83. The van der Waals surface area contributed by atoms with Crippen LogP contribution in [0, 0.1) is 5.41 Å². The molecule has 5 nitrogen and oxygen atoms in total. The van der Waals surface area contributed by atoms with Crippen LogP contribution in [0.1, 0.15) is 43.1 Å². The second-order valence-electron chi connectivity index (χ2n) is 7.83. The van der Waals surface area contributed by atoms with E-state index in [1.54, 1.807) is 0 Å². The summed E-state index contributed by atoms with van der Waals surface area (Å²) in [6.07, 6.45) is 1.41. The minimum Gasteiger partial charge on any atom is -0.493 e. The predicted octanol–water partition coefficient (Wildman–Crippen LogP) is 2.34. The second kappa shape index (κ2) is 6.46. The van der Waals surface area contributed by atoms with Gasteiger partial charge in [-0.1, -0.05) is 20.8 Å². The SMILES string of the molecule is CC(C)(C)CC(=O)N1CCN(C(=O)c2ccc3c(c2)CCO3)CC1. The highest BCUT2D eigenvalue weighted by atomic mass is 16.5. The molecule has 2 amide bonds. The number of nitrogens with zero attached hydrogens (tertiary/aromatic N) is 2. The average molecular weight is 330 g/mol. The van der Waals surface area contributed by atoms with Crippen molar-refractivity contribution in [2.75, 3.05) is 32.8 Å². The van der Waals surface area contributed by atoms with Crippen LogP contribution < -0.4 is 4.74 Å². The molecule has 2 heterocycles. The predicted molar refractivity (Wildman–Crippen MR) is 92.2 cm³/mol. The van der Waals surface area contributed by atoms with E-state index < -0.39 is 0 Å². The molecule has 24 heavy (non-hydrogen) atoms. The zero-order valence-electron chi connectivity index (χ0n) is 14.8. The van der Waals surface area contributed by atoms with Crippen LogP contribution in [-0.2, 0) is 11.2 Å². The van der Waals surface area contributed by atoms with Gasteiger partial charge in [-0.25, -0.2) is 0 Å². The number of benzene rings is 1. The highest BCUT2D eigenvalue weighted by molar-refractivity contribution is 5.95. The van der Waals surface area contributed by atoms with Crippen LogP contribution in [-0.4, -0.2) is 54.4 Å². The van der Waals surface area contributed by atoms with Crippen molar-refractivity contribution in [3.8, 4) is 5.75 Å². The molecule has 2 aliphatic rings. The molecule has 5 heteroatoms. The molecule has 1 aromatic carbocycles. The van der Waals surface area contributed by atoms with E-state index in [0.29, 0.717) is 44.8 Å². The molecular weight excluding hydrogens is 304 g/mol. The molecule has 0 unspecified atom stereocenters. The summed E-state index contributed by atoms with van der Waals surface area (Å²) in [7, 11) is 0. The van der Waals surface area contributed by atoms with Crippen LogP contribution in [0.4, 0.5) is 0 Å². The zero-order chi connectivity index (χ0) is 17.3. The highest BCUT2D eigenvalue weighted by Gasteiger charge is 2.27. The van der Waals surface area contributed by atoms with E-state index >= 15 is 0 Å². The largest absolute Gasteiger partial charge is 0.493 e. The van der Waals surface area contributed by atoms with Crippen LogP contribution in [0.2, 0.25) is 0 Å². The van der Waals surface area contributed by atoms with E-state index in [9.17, 15) is 9.59 Å². The number of carbonyl (C=O) groups is 2. The van der Waals surface area contributed by atoms with Gasteiger partial charge in [0.05, 0.1) is 6.61 Å². The smallest absolute Gasteiger partial charge is 0.253 e. The molecule has 0 radical (unpaired) electrons. The summed E-state index contributed by atoms with van der Waals surface area (Å²) in [5, 5.41) is 0. The Morgan fingerprint density at radius 2 is 1.75 bits per heavy atom. The standard InChI is InChI=1S/C19H26N2O3/c1-19(2,3)13-17(22)20-7-9-21(10-8-20)18(23)15-4-5-16-14(12-15)6-11-24-16/h4-5,12H,6-11,13H2,1-3H3. The van der Waals surface area contributed by atoms with Gasteiger partial charge in [-0.05, 0) is 29.2 Å². The summed E-state index contributed by atoms with van der Waals surface area (Å²) in [6, 6.07) is 5.67. The van der Waals surface area contributed by atoms with Gasteiger partial charge in [0.25, 0.3) is 5.91 Å². The molecule has 0 aromatic heterocycles. The lowest BCUT2D eigenvalue weighted by Gasteiger charge is -2.36. The van der Waals surface area contributed by atoms with Crippen molar-refractivity contribution in [3.63, 3.8) is 0 Å². The fourth-order valence-electron chi connectivity index (χ4n) is 3.23. The van der Waals surface area contributed by atoms with Crippen LogP contribution in [0.15, 0.2) is 18.2 Å². The number of hydrogen-bond acceptors (Lipinski definition) is 3. The first-order valence-corrected chi connectivity index (χ1v) is 8.66. The topological polar surface area (TPSA) is 49.9 Å². The third-order valence-electron chi connectivity index (χ3n) is 4.54. The summed E-state index contributed by atoms with van der Waals surface area (Å²) in [4.78, 5) is 28.7. The number of piperazine rings is 1. The van der Waals surface area contributed by atoms with Crippen molar-refractivity contribution in [3.05, 3.63) is 29.3 Å². The first-order valence-electron chi connectivity index (χ1n) is 8.66. The molecule has 130 valence electrons. The molecule has 3 rings (SSSR count). The molecule has 1 fully saturated rings. The van der Waals surface area contributed by atoms with E-state index in [-0.39, 0.29) is 17.2 Å². The van der Waals surface area contributed by atoms with Crippen LogP contribution in [0.5, 0.6) is 5.75 Å². The number of ether oxygens (including phenoxy) is 1. The maximum atomic E-state index is 12.7. The lowest BCUT2D eigenvalue weighted by atomic mass is 9.91. The van der Waals surface area contributed by atoms with Gasteiger partial charge in [0.1, 0.15) is 5.75 Å². The van der Waals surface area contributed by atoms with Crippen molar-refractivity contribution in [1.82, 2.24) is 9.80 Å². The number of rotatable bonds is 2. The molecule has 1 saturated heterocycles. The Labute approximate surface area is 143 Å². The summed E-state index contributed by atoms with van der Waals surface area (Å²) in [5.41, 5.74) is 1.82. The lowest BCUT2D eigenvalue weighted by molar-refractivity contribution is -0.134. The number of hydrogen-bond donors (Lipinski definition) is 0. The average Bonchev–Trinajstić information content (AvgIpc) is 3.00. The van der Waals surface area contributed by atoms with Crippen molar-refractivity contribution in [1.29, 1.82) is 0 Å². The molecular formula is C19H26N2O3. The van der Waals surface area contributed by atoms with Crippen molar-refractivity contribution in [2.24, 2.45) is 5.41 Å². The number of carbonyl (C=O) groups excluding carboxylic acids is 2. The van der Waals surface area contributed by atoms with Gasteiger partial charge in [-0.15, -0.1) is 0 Å². The van der Waals surface area contributed by atoms with E-state index in [0.717, 1.165) is 17.7 Å². The monoisotopic (exact) mass is 330 g/mol. The Bertz CT molecular complexity index is 641. The zero-order valence-corrected chi connectivity index (χ0v) is 14.8. The number of fused-ring (bicyclic) bond motifs is 1. The van der Waals surface area contributed by atoms with Crippen LogP contribution >= 0.6 is 0 Å². The summed E-state index contributed by atoms with van der Waals surface area (Å²) in [6.45, 7) is 9.35. The Morgan fingerprint density at radius 1 is 1.08 bits per heavy atom. The third kappa shape index (κ3) is 3.71. The quantitative estimate of drug-likeness (QED) is 0.836. The van der Waals surface area contributed by atoms with Gasteiger partial charge >= 0.3 is 0 Å². The lowest BCUT2D eigenvalue weighted by Crippen LogP contribution is -2.51. The van der Waals surface area contributed by atoms with Gasteiger partial charge in [-0.3, -0.25) is 9.59 Å². The Balaban J connectivity index is 1.58. The fraction of sp³-hybridized carbons (Fsp3) is 0.579. The van der Waals surface area contributed by atoms with Crippen molar-refractivity contribution in [2.45, 2.75) is 33.6 Å². The Morgan fingerprint density at radius 3 is 2.42 bits per heavy atom. The highest BCUT2D eigenvalue weighted by Crippen LogP contribution is 2.26. The first kappa shape index (κ1) is 16.8. The van der Waals surface area contributed by atoms with Gasteiger partial charge < -0.3 is 14.5 Å². The summed E-state index contributed by atoms with van der Waals surface area (Å²) < 4.78 is 5.49. The molecule has 0 saturated carbocycles. The van der Waals surface area contributed by atoms with Gasteiger partial charge in [0, 0.05) is 44.6 Å². The maximum absolute atomic E-state index is 12.7. The van der Waals surface area contributed by atoms with E-state index in [1.165, 1.54) is 0 Å². The number of amides is 2. The van der Waals surface area contributed by atoms with Gasteiger partial charge in [-0.2, -0.15) is 0 Å². The molecule has 1 aromatic rings. The molecule has 2 aliphatic heterocycles. The summed E-state index contributed by atoms with van der Waals surface area (Å²) in [5.74, 6) is 1.13. The van der Waals surface area contributed by atoms with Gasteiger partial charge in [0.15, 0.2) is 0 Å². The molecule has 0 aliphatic carbocycles. The van der Waals surface area contributed by atoms with E-state index in [2.05, 4.69) is 20.8 Å². The Kier molecular flexibility index (Phi) is 4.52. The Hall–Kier alpha value is -2.04. The first-order chi connectivity index (χ1) is 11.3. The minimum absolute atomic E-state index is 0.00345. The molecule has 0 bridgehead atoms. The minimum atomic E-state index is -0.00345. The third-order valence-corrected chi connectivity index (χ3v) is 4.54. The normalized spacial score (nSPS) is 17.5. The van der Waals surface area contributed by atoms with E-state index in [4.69, 9.17) is 4.74 Å². The van der Waals surface area contributed by atoms with Crippen LogP contribution in [0.3, 0.4) is 0 Å². The van der Waals surface area contributed by atoms with Crippen molar-refractivity contribution >= 4 is 11.8 Å². The van der Waals surface area contributed by atoms with Gasteiger partial charge in [0.2, 0.25) is 5.91 Å². The maximum Gasteiger partial charge on any atom is 0.253 e. The van der Waals surface area contributed by atoms with Crippen molar-refractivity contribution < 1.29 is 14.3 Å².